The van der Waals surface area contributed by atoms with Gasteiger partial charge in [0.2, 0.25) is 0 Å². The molecule has 0 amide bonds. The van der Waals surface area contributed by atoms with Gasteiger partial charge in [-0.15, -0.1) is 0 Å². The number of aromatic carboxylic acids is 1. The summed E-state index contributed by atoms with van der Waals surface area (Å²) in [5.74, 6) is -1.50. The van der Waals surface area contributed by atoms with Gasteiger partial charge in [0.05, 0.1) is 17.7 Å². The molecule has 0 unspecified atom stereocenters. The summed E-state index contributed by atoms with van der Waals surface area (Å²) in [6.45, 7) is 4.11. The van der Waals surface area contributed by atoms with Gasteiger partial charge in [0.15, 0.2) is 0 Å². The van der Waals surface area contributed by atoms with Crippen molar-refractivity contribution in [1.29, 1.82) is 0 Å². The second kappa shape index (κ2) is 6.65. The molecular formula is C12H18NO4+. The van der Waals surface area contributed by atoms with Crippen LogP contribution in [0.4, 0.5) is 0 Å². The molecule has 0 atom stereocenters. The summed E-state index contributed by atoms with van der Waals surface area (Å²) in [7, 11) is 0. The Labute approximate surface area is 100.0 Å². The van der Waals surface area contributed by atoms with Crippen molar-refractivity contribution in [1.82, 2.24) is 6.15 Å². The van der Waals surface area contributed by atoms with Crippen LogP contribution in [0.15, 0.2) is 24.3 Å². The molecule has 1 rings (SSSR count). The highest BCUT2D eigenvalue weighted by atomic mass is 16.5. The van der Waals surface area contributed by atoms with E-state index in [0.29, 0.717) is 0 Å². The first-order valence-corrected chi connectivity index (χ1v) is 5.01. The Hall–Kier alpha value is -1.88. The van der Waals surface area contributed by atoms with Crippen LogP contribution in [-0.4, -0.2) is 23.7 Å². The van der Waals surface area contributed by atoms with E-state index in [-0.39, 0.29) is 29.8 Å². The summed E-state index contributed by atoms with van der Waals surface area (Å²) in [4.78, 5) is 22.4. The molecule has 0 heterocycles. The zero-order chi connectivity index (χ0) is 12.1. The number of carboxylic acids is 1. The van der Waals surface area contributed by atoms with E-state index >= 15 is 0 Å². The zero-order valence-corrected chi connectivity index (χ0v) is 10.3. The van der Waals surface area contributed by atoms with Crippen LogP contribution < -0.4 is 6.15 Å². The lowest BCUT2D eigenvalue weighted by molar-refractivity contribution is 0.0450. The number of carbonyl (C=O) groups excluding carboxylic acids is 1. The molecule has 0 aliphatic carbocycles. The quantitative estimate of drug-likeness (QED) is 0.790. The summed E-state index contributed by atoms with van der Waals surface area (Å²) < 4.78 is 4.98. The standard InChI is InChI=1S/C12H14O4.H3N/c1-8(2)7-16-12(15)10-6-4-3-5-9(10)11(13)14;/h3-6,8H,7H2,1-2H3,(H,13,14);1H3/p+1. The molecule has 5 nitrogen and oxygen atoms in total. The summed E-state index contributed by atoms with van der Waals surface area (Å²) in [6, 6.07) is 6.02. The third kappa shape index (κ3) is 4.24. The normalized spacial score (nSPS) is 9.59. The molecule has 0 fully saturated rings. The Kier molecular flexibility index (Phi) is 5.91. The smallest absolute Gasteiger partial charge is 0.339 e. The Morgan fingerprint density at radius 1 is 1.24 bits per heavy atom. The van der Waals surface area contributed by atoms with Crippen LogP contribution in [0.1, 0.15) is 34.6 Å². The molecule has 0 aliphatic rings. The van der Waals surface area contributed by atoms with Crippen LogP contribution in [0.2, 0.25) is 0 Å². The minimum absolute atomic E-state index is 0. The lowest BCUT2D eigenvalue weighted by atomic mass is 10.1. The third-order valence-electron chi connectivity index (χ3n) is 1.93. The van der Waals surface area contributed by atoms with Gasteiger partial charge in [-0.2, -0.15) is 0 Å². The van der Waals surface area contributed by atoms with E-state index in [1.54, 1.807) is 12.1 Å². The van der Waals surface area contributed by atoms with Crippen molar-refractivity contribution >= 4 is 11.9 Å². The fraction of sp³-hybridized carbons (Fsp3) is 0.333. The Morgan fingerprint density at radius 2 is 1.76 bits per heavy atom. The summed E-state index contributed by atoms with van der Waals surface area (Å²) >= 11 is 0. The topological polar surface area (TPSA) is 100 Å². The lowest BCUT2D eigenvalue weighted by Crippen LogP contribution is -2.14. The summed E-state index contributed by atoms with van der Waals surface area (Å²) in [5.41, 5.74) is 0.0620. The van der Waals surface area contributed by atoms with E-state index in [1.807, 2.05) is 13.8 Å². The maximum Gasteiger partial charge on any atom is 0.339 e. The van der Waals surface area contributed by atoms with Gasteiger partial charge in [-0.05, 0) is 18.1 Å². The highest BCUT2D eigenvalue weighted by molar-refractivity contribution is 6.02. The van der Waals surface area contributed by atoms with E-state index in [2.05, 4.69) is 0 Å². The minimum atomic E-state index is -1.13. The van der Waals surface area contributed by atoms with E-state index < -0.39 is 11.9 Å². The maximum atomic E-state index is 11.6. The first-order valence-electron chi connectivity index (χ1n) is 5.01. The van der Waals surface area contributed by atoms with E-state index in [1.165, 1.54) is 12.1 Å². The van der Waals surface area contributed by atoms with Crippen LogP contribution in [0.3, 0.4) is 0 Å². The number of quaternary nitrogens is 1. The number of carboxylic acid groups (broad SMARTS) is 1. The van der Waals surface area contributed by atoms with Crippen molar-refractivity contribution in [2.45, 2.75) is 13.8 Å². The van der Waals surface area contributed by atoms with Gasteiger partial charge < -0.3 is 16.0 Å². The minimum Gasteiger partial charge on any atom is -0.478 e. The van der Waals surface area contributed by atoms with E-state index in [4.69, 9.17) is 9.84 Å². The average molecular weight is 240 g/mol. The van der Waals surface area contributed by atoms with Crippen LogP contribution in [0, 0.1) is 5.92 Å². The first-order chi connectivity index (χ1) is 7.52. The molecule has 0 saturated carbocycles. The van der Waals surface area contributed by atoms with Crippen molar-refractivity contribution in [3.63, 3.8) is 0 Å². The van der Waals surface area contributed by atoms with Crippen molar-refractivity contribution in [2.75, 3.05) is 6.61 Å². The van der Waals surface area contributed by atoms with Gasteiger partial charge in [0.1, 0.15) is 0 Å². The second-order valence-electron chi connectivity index (χ2n) is 3.84. The second-order valence-corrected chi connectivity index (χ2v) is 3.84. The number of carbonyl (C=O) groups is 2. The number of hydrogen-bond acceptors (Lipinski definition) is 3. The Morgan fingerprint density at radius 3 is 2.24 bits per heavy atom. The maximum absolute atomic E-state index is 11.6. The van der Waals surface area contributed by atoms with Gasteiger partial charge in [0, 0.05) is 0 Å². The molecular weight excluding hydrogens is 222 g/mol. The molecule has 0 aliphatic heterocycles. The molecule has 5 heteroatoms. The SMILES string of the molecule is CC(C)COC(=O)c1ccccc1C(=O)O.[NH4+]. The van der Waals surface area contributed by atoms with Crippen molar-refractivity contribution < 1.29 is 19.4 Å². The Bertz CT molecular complexity index is 401. The molecule has 5 N–H and O–H groups in total. The monoisotopic (exact) mass is 240 g/mol. The van der Waals surface area contributed by atoms with E-state index in [0.717, 1.165) is 0 Å². The molecule has 0 saturated heterocycles. The predicted molar refractivity (Wildman–Crippen MR) is 64.5 cm³/mol. The molecule has 0 spiro atoms. The largest absolute Gasteiger partial charge is 0.478 e. The summed E-state index contributed by atoms with van der Waals surface area (Å²) in [6.07, 6.45) is 0. The van der Waals surface area contributed by atoms with Crippen molar-refractivity contribution in [3.05, 3.63) is 35.4 Å². The molecule has 0 aromatic heterocycles. The lowest BCUT2D eigenvalue weighted by Gasteiger charge is -2.08. The van der Waals surface area contributed by atoms with Crippen molar-refractivity contribution in [3.8, 4) is 0 Å². The summed E-state index contributed by atoms with van der Waals surface area (Å²) in [5, 5.41) is 8.88. The van der Waals surface area contributed by atoms with Gasteiger partial charge >= 0.3 is 11.9 Å². The number of benzene rings is 1. The fourth-order valence-electron chi connectivity index (χ4n) is 1.17. The van der Waals surface area contributed by atoms with Gasteiger partial charge in [0.25, 0.3) is 0 Å². The zero-order valence-electron chi connectivity index (χ0n) is 10.3. The molecule has 1 aromatic carbocycles. The highest BCUT2D eigenvalue weighted by Crippen LogP contribution is 2.10. The van der Waals surface area contributed by atoms with Gasteiger partial charge in [-0.3, -0.25) is 0 Å². The van der Waals surface area contributed by atoms with Crippen molar-refractivity contribution in [2.24, 2.45) is 5.92 Å². The molecule has 1 aromatic rings. The average Bonchev–Trinajstić information content (AvgIpc) is 2.25. The predicted octanol–water partition coefficient (Wildman–Crippen LogP) is 2.57. The highest BCUT2D eigenvalue weighted by Gasteiger charge is 2.16. The van der Waals surface area contributed by atoms with Crippen LogP contribution >= 0.6 is 0 Å². The number of esters is 1. The van der Waals surface area contributed by atoms with Gasteiger partial charge in [-0.25, -0.2) is 9.59 Å². The third-order valence-corrected chi connectivity index (χ3v) is 1.93. The van der Waals surface area contributed by atoms with Crippen LogP contribution in [0.25, 0.3) is 0 Å². The molecule has 0 bridgehead atoms. The first kappa shape index (κ1) is 15.1. The molecule has 17 heavy (non-hydrogen) atoms. The van der Waals surface area contributed by atoms with Crippen LogP contribution in [-0.2, 0) is 4.74 Å². The van der Waals surface area contributed by atoms with E-state index in [9.17, 15) is 9.59 Å². The van der Waals surface area contributed by atoms with Gasteiger partial charge in [-0.1, -0.05) is 26.0 Å². The number of ether oxygens (including phenoxy) is 1. The van der Waals surface area contributed by atoms with Crippen LogP contribution in [0.5, 0.6) is 0 Å². The number of hydrogen-bond donors (Lipinski definition) is 2. The Balaban J connectivity index is 0.00000256. The number of rotatable bonds is 4. The fourth-order valence-corrected chi connectivity index (χ4v) is 1.17. The molecule has 94 valence electrons. The molecule has 0 radical (unpaired) electrons.